The van der Waals surface area contributed by atoms with Crippen LogP contribution < -0.4 is 5.32 Å². The van der Waals surface area contributed by atoms with Crippen LogP contribution in [0.5, 0.6) is 0 Å². The molecular weight excluding hydrogens is 274 g/mol. The minimum absolute atomic E-state index is 0.530. The fourth-order valence-corrected chi connectivity index (χ4v) is 9.88. The molecule has 0 amide bonds. The van der Waals surface area contributed by atoms with Gasteiger partial charge >= 0.3 is 0 Å². The van der Waals surface area contributed by atoms with Gasteiger partial charge in [0, 0.05) is 21.9 Å². The van der Waals surface area contributed by atoms with Crippen molar-refractivity contribution in [3.63, 3.8) is 0 Å². The Morgan fingerprint density at radius 3 is 1.90 bits per heavy atom. The molecule has 1 aliphatic carbocycles. The van der Waals surface area contributed by atoms with E-state index in [1.165, 1.54) is 60.5 Å². The first-order valence-electron chi connectivity index (χ1n) is 8.85. The van der Waals surface area contributed by atoms with Gasteiger partial charge in [-0.2, -0.15) is 0 Å². The Morgan fingerprint density at radius 2 is 1.50 bits per heavy atom. The summed E-state index contributed by atoms with van der Waals surface area (Å²) in [5.74, 6) is 0. The van der Waals surface area contributed by atoms with Gasteiger partial charge in [0.15, 0.2) is 0 Å². The minimum Gasteiger partial charge on any atom is -0.310 e. The van der Waals surface area contributed by atoms with Gasteiger partial charge in [-0.1, -0.05) is 68.9 Å². The average molecular weight is 312 g/mol. The fourth-order valence-electron chi connectivity index (χ4n) is 4.29. The van der Waals surface area contributed by atoms with Gasteiger partial charge < -0.3 is 5.32 Å². The van der Waals surface area contributed by atoms with E-state index in [9.17, 15) is 0 Å². The summed E-state index contributed by atoms with van der Waals surface area (Å²) in [6.07, 6.45) is 7.25. The second kappa shape index (κ2) is 7.95. The molecule has 1 N–H and O–H groups in total. The van der Waals surface area contributed by atoms with Gasteiger partial charge in [0.1, 0.15) is 0 Å². The fraction of sp³-hybridized carbons (Fsp3) is 0.882. The first kappa shape index (κ1) is 18.2. The third-order valence-electron chi connectivity index (χ3n) is 6.30. The lowest BCUT2D eigenvalue weighted by molar-refractivity contribution is 0.317. The van der Waals surface area contributed by atoms with E-state index in [0.29, 0.717) is 5.16 Å². The summed E-state index contributed by atoms with van der Waals surface area (Å²) in [6, 6.07) is 4.36. The van der Waals surface area contributed by atoms with Crippen molar-refractivity contribution < 1.29 is 0 Å². The second-order valence-corrected chi connectivity index (χ2v) is 14.3. The Labute approximate surface area is 131 Å². The smallest absolute Gasteiger partial charge is 0.0757 e. The number of rotatable bonds is 7. The molecule has 20 heavy (non-hydrogen) atoms. The van der Waals surface area contributed by atoms with Crippen LogP contribution in [0.2, 0.25) is 18.1 Å². The Balaban J connectivity index is 2.99. The largest absolute Gasteiger partial charge is 0.310 e. The third-order valence-corrected chi connectivity index (χ3v) is 13.9. The van der Waals surface area contributed by atoms with Crippen LogP contribution in [0.15, 0.2) is 10.8 Å². The van der Waals surface area contributed by atoms with Crippen molar-refractivity contribution in [3.8, 4) is 0 Å². The van der Waals surface area contributed by atoms with E-state index in [-0.39, 0.29) is 0 Å². The molecule has 0 saturated heterocycles. The molecule has 1 rings (SSSR count). The molecule has 0 bridgehead atoms. The molecule has 1 fully saturated rings. The molecule has 1 nitrogen and oxygen atoms in total. The van der Waals surface area contributed by atoms with Gasteiger partial charge in [0.25, 0.3) is 0 Å². The zero-order chi connectivity index (χ0) is 15.2. The van der Waals surface area contributed by atoms with Crippen LogP contribution in [0.1, 0.15) is 66.7 Å². The highest BCUT2D eigenvalue weighted by molar-refractivity contribution is 6.82. The predicted octanol–water partition coefficient (Wildman–Crippen LogP) is 3.99. The maximum atomic E-state index is 4.14. The summed E-state index contributed by atoms with van der Waals surface area (Å²) < 4.78 is 0. The van der Waals surface area contributed by atoms with E-state index in [0.717, 1.165) is 6.54 Å². The van der Waals surface area contributed by atoms with Crippen LogP contribution in [0.25, 0.3) is 0 Å². The van der Waals surface area contributed by atoms with E-state index in [1.807, 2.05) is 0 Å². The Hall–Kier alpha value is 0.134. The molecule has 0 aromatic carbocycles. The van der Waals surface area contributed by atoms with Crippen molar-refractivity contribution in [2.45, 2.75) is 90.0 Å². The maximum Gasteiger partial charge on any atom is 0.0757 e. The Morgan fingerprint density at radius 1 is 1.00 bits per heavy atom. The average Bonchev–Trinajstić information content (AvgIpc) is 2.48. The topological polar surface area (TPSA) is 12.0 Å². The molecular formula is C17H37NSi2. The number of hydrogen-bond acceptors (Lipinski definition) is 1. The van der Waals surface area contributed by atoms with E-state index < -0.39 is 8.07 Å². The standard InChI is InChI=1S/C17H37NSi2/c1-6-20(7-2,8-3)17(12-10-9-11-13-17)18-14-15(4)16(5)19/h18H,6-14H2,1-5,19H3. The van der Waals surface area contributed by atoms with Crippen LogP contribution in [-0.4, -0.2) is 30.0 Å². The second-order valence-electron chi connectivity index (χ2n) is 7.12. The summed E-state index contributed by atoms with van der Waals surface area (Å²) in [6.45, 7) is 13.2. The third kappa shape index (κ3) is 3.66. The van der Waals surface area contributed by atoms with Crippen LogP contribution in [-0.2, 0) is 0 Å². The maximum absolute atomic E-state index is 4.14. The van der Waals surface area contributed by atoms with Gasteiger partial charge in [-0.3, -0.25) is 0 Å². The molecule has 0 aromatic heterocycles. The summed E-state index contributed by atoms with van der Waals surface area (Å²) in [5, 5.41) is 6.29. The van der Waals surface area contributed by atoms with Crippen molar-refractivity contribution in [2.75, 3.05) is 6.54 Å². The molecule has 0 spiro atoms. The molecule has 0 aliphatic heterocycles. The molecule has 0 unspecified atom stereocenters. The number of allylic oxidation sites excluding steroid dienone is 1. The normalized spacial score (nSPS) is 20.9. The molecule has 0 aromatic rings. The van der Waals surface area contributed by atoms with Gasteiger partial charge in [-0.25, -0.2) is 0 Å². The van der Waals surface area contributed by atoms with Gasteiger partial charge in [0.2, 0.25) is 0 Å². The number of nitrogens with one attached hydrogen (secondary N) is 1. The summed E-state index contributed by atoms with van der Waals surface area (Å²) >= 11 is 0. The van der Waals surface area contributed by atoms with Crippen LogP contribution in [0.3, 0.4) is 0 Å². The molecule has 0 heterocycles. The lowest BCUT2D eigenvalue weighted by Crippen LogP contribution is -2.66. The predicted molar refractivity (Wildman–Crippen MR) is 99.3 cm³/mol. The summed E-state index contributed by atoms with van der Waals surface area (Å²) in [5.41, 5.74) is 1.60. The highest BCUT2D eigenvalue weighted by Gasteiger charge is 2.49. The first-order chi connectivity index (χ1) is 9.47. The quantitative estimate of drug-likeness (QED) is 0.701. The molecule has 0 radical (unpaired) electrons. The molecule has 1 saturated carbocycles. The van der Waals surface area contributed by atoms with Crippen molar-refractivity contribution in [1.29, 1.82) is 0 Å². The van der Waals surface area contributed by atoms with Crippen LogP contribution in [0.4, 0.5) is 0 Å². The first-order valence-corrected chi connectivity index (χ1v) is 12.5. The summed E-state index contributed by atoms with van der Waals surface area (Å²) in [7, 11) is 0.0241. The van der Waals surface area contributed by atoms with E-state index in [1.54, 1.807) is 10.8 Å². The zero-order valence-electron chi connectivity index (χ0n) is 14.9. The lowest BCUT2D eigenvalue weighted by Gasteiger charge is -2.52. The monoisotopic (exact) mass is 311 g/mol. The molecule has 118 valence electrons. The van der Waals surface area contributed by atoms with Crippen molar-refractivity contribution in [2.24, 2.45) is 0 Å². The Bertz CT molecular complexity index is 314. The minimum atomic E-state index is -1.19. The van der Waals surface area contributed by atoms with Gasteiger partial charge in [-0.05, 0) is 26.7 Å². The molecule has 0 atom stereocenters. The number of hydrogen-bond donors (Lipinski definition) is 1. The van der Waals surface area contributed by atoms with E-state index >= 15 is 0 Å². The van der Waals surface area contributed by atoms with Crippen molar-refractivity contribution in [1.82, 2.24) is 5.32 Å². The molecule has 3 heteroatoms. The highest BCUT2D eigenvalue weighted by Crippen LogP contribution is 2.42. The van der Waals surface area contributed by atoms with E-state index in [2.05, 4.69) is 39.9 Å². The van der Waals surface area contributed by atoms with Gasteiger partial charge in [0.05, 0.1) is 8.07 Å². The summed E-state index contributed by atoms with van der Waals surface area (Å²) in [4.78, 5) is 0. The van der Waals surface area contributed by atoms with Crippen LogP contribution in [0, 0.1) is 0 Å². The Kier molecular flexibility index (Phi) is 7.23. The van der Waals surface area contributed by atoms with Crippen LogP contribution >= 0.6 is 0 Å². The van der Waals surface area contributed by atoms with E-state index in [4.69, 9.17) is 0 Å². The SMILES string of the molecule is CC[Si](CC)(CC)C1(NCC(C)=C(C)[SiH3])CCCCC1. The van der Waals surface area contributed by atoms with Gasteiger partial charge in [-0.15, -0.1) is 0 Å². The lowest BCUT2D eigenvalue weighted by atomic mass is 9.94. The van der Waals surface area contributed by atoms with Crippen molar-refractivity contribution >= 4 is 18.3 Å². The molecule has 1 aliphatic rings. The highest BCUT2D eigenvalue weighted by atomic mass is 28.3. The zero-order valence-corrected chi connectivity index (χ0v) is 17.9. The van der Waals surface area contributed by atoms with Crippen molar-refractivity contribution in [3.05, 3.63) is 10.8 Å².